The van der Waals surface area contributed by atoms with Gasteiger partial charge in [-0.2, -0.15) is 0 Å². The number of rotatable bonds is 4. The predicted molar refractivity (Wildman–Crippen MR) is 53.8 cm³/mol. The van der Waals surface area contributed by atoms with Gasteiger partial charge in [-0.15, -0.1) is 0 Å². The molecule has 0 saturated carbocycles. The van der Waals surface area contributed by atoms with Gasteiger partial charge in [-0.25, -0.2) is 18.7 Å². The lowest BCUT2D eigenvalue weighted by molar-refractivity contribution is 0.156. The van der Waals surface area contributed by atoms with Gasteiger partial charge in [0.1, 0.15) is 5.69 Å². The molecule has 0 saturated heterocycles. The third-order valence-corrected chi connectivity index (χ3v) is 1.77. The van der Waals surface area contributed by atoms with Crippen molar-refractivity contribution in [3.63, 3.8) is 0 Å². The molecule has 1 aromatic rings. The molecule has 1 aromatic heterocycles. The van der Waals surface area contributed by atoms with Gasteiger partial charge < -0.3 is 15.8 Å². The topological polar surface area (TPSA) is 87.6 Å². The molecular weight excluding hydrogens is 220 g/mol. The number of hydrogen-bond acceptors (Lipinski definition) is 5. The molecule has 88 valence electrons. The van der Waals surface area contributed by atoms with Gasteiger partial charge in [-0.1, -0.05) is 5.16 Å². The lowest BCUT2D eigenvalue weighted by Crippen LogP contribution is -2.27. The molecule has 0 fully saturated rings. The highest BCUT2D eigenvalue weighted by Crippen LogP contribution is 2.07. The van der Waals surface area contributed by atoms with E-state index in [1.807, 2.05) is 0 Å². The third kappa shape index (κ3) is 3.01. The largest absolute Gasteiger partial charge is 0.409 e. The van der Waals surface area contributed by atoms with Crippen LogP contribution in [0.3, 0.4) is 0 Å². The van der Waals surface area contributed by atoms with Gasteiger partial charge in [-0.05, 0) is 6.07 Å². The molecule has 0 bridgehead atoms. The lowest BCUT2D eigenvalue weighted by atomic mass is 10.4. The summed E-state index contributed by atoms with van der Waals surface area (Å²) in [5, 5.41) is 11.2. The number of halogens is 2. The molecule has 0 atom stereocenters. The van der Waals surface area contributed by atoms with Gasteiger partial charge in [0.2, 0.25) is 5.95 Å². The molecule has 8 heteroatoms. The average molecular weight is 231 g/mol. The Balaban J connectivity index is 2.90. The molecule has 0 spiro atoms. The first-order valence-electron chi connectivity index (χ1n) is 4.35. The zero-order valence-electron chi connectivity index (χ0n) is 8.51. The number of anilines is 1. The Morgan fingerprint density at radius 2 is 2.38 bits per heavy atom. The van der Waals surface area contributed by atoms with E-state index in [1.54, 1.807) is 0 Å². The SMILES string of the molecule is CN(CC(F)F)c1nccc(/C(N)=N/O)n1. The summed E-state index contributed by atoms with van der Waals surface area (Å²) in [6.07, 6.45) is -1.14. The van der Waals surface area contributed by atoms with Gasteiger partial charge in [0.15, 0.2) is 5.84 Å². The minimum Gasteiger partial charge on any atom is -0.409 e. The van der Waals surface area contributed by atoms with E-state index in [0.29, 0.717) is 0 Å². The van der Waals surface area contributed by atoms with E-state index >= 15 is 0 Å². The van der Waals surface area contributed by atoms with E-state index in [4.69, 9.17) is 10.9 Å². The maximum absolute atomic E-state index is 12.1. The number of nitrogens with zero attached hydrogens (tertiary/aromatic N) is 4. The number of alkyl halides is 2. The van der Waals surface area contributed by atoms with Gasteiger partial charge >= 0.3 is 0 Å². The first-order valence-corrected chi connectivity index (χ1v) is 4.35. The molecule has 3 N–H and O–H groups in total. The molecular formula is C8H11F2N5O. The number of oxime groups is 1. The molecule has 1 heterocycles. The zero-order chi connectivity index (χ0) is 12.1. The monoisotopic (exact) mass is 231 g/mol. The van der Waals surface area contributed by atoms with Crippen molar-refractivity contribution in [1.82, 2.24) is 9.97 Å². The number of hydrogen-bond donors (Lipinski definition) is 2. The smallest absolute Gasteiger partial charge is 0.255 e. The highest BCUT2D eigenvalue weighted by molar-refractivity contribution is 5.95. The molecule has 0 aromatic carbocycles. The molecule has 0 aliphatic carbocycles. The van der Waals surface area contributed by atoms with Crippen LogP contribution in [0.15, 0.2) is 17.4 Å². The average Bonchev–Trinajstić information content (AvgIpc) is 2.27. The first-order chi connectivity index (χ1) is 7.54. The number of nitrogens with two attached hydrogens (primary N) is 1. The van der Waals surface area contributed by atoms with E-state index in [0.717, 1.165) is 0 Å². The Hall–Kier alpha value is -1.99. The second kappa shape index (κ2) is 5.19. The standard InChI is InChI=1S/C8H11F2N5O/c1-15(4-6(9)10)8-12-3-2-5(13-8)7(11)14-16/h2-3,6,16H,4H2,1H3,(H2,11,14). The number of aromatic nitrogens is 2. The van der Waals surface area contributed by atoms with E-state index in [-0.39, 0.29) is 17.5 Å². The maximum Gasteiger partial charge on any atom is 0.255 e. The Morgan fingerprint density at radius 1 is 1.69 bits per heavy atom. The van der Waals surface area contributed by atoms with E-state index in [2.05, 4.69) is 15.1 Å². The van der Waals surface area contributed by atoms with Crippen molar-refractivity contribution in [2.75, 3.05) is 18.5 Å². The molecule has 0 aliphatic rings. The Morgan fingerprint density at radius 3 is 2.94 bits per heavy atom. The van der Waals surface area contributed by atoms with E-state index in [9.17, 15) is 8.78 Å². The molecule has 16 heavy (non-hydrogen) atoms. The molecule has 6 nitrogen and oxygen atoms in total. The Labute approximate surface area is 90.4 Å². The van der Waals surface area contributed by atoms with Crippen LogP contribution in [0.4, 0.5) is 14.7 Å². The van der Waals surface area contributed by atoms with Crippen molar-refractivity contribution >= 4 is 11.8 Å². The summed E-state index contributed by atoms with van der Waals surface area (Å²) in [7, 11) is 1.43. The van der Waals surface area contributed by atoms with Crippen molar-refractivity contribution < 1.29 is 14.0 Å². The quantitative estimate of drug-likeness (QED) is 0.336. The van der Waals surface area contributed by atoms with Gasteiger partial charge in [0, 0.05) is 13.2 Å². The van der Waals surface area contributed by atoms with Gasteiger partial charge in [0.25, 0.3) is 6.43 Å². The van der Waals surface area contributed by atoms with Crippen LogP contribution in [-0.4, -0.2) is 41.0 Å². The summed E-state index contributed by atoms with van der Waals surface area (Å²) in [5.74, 6) is -0.113. The normalized spacial score (nSPS) is 11.9. The van der Waals surface area contributed by atoms with Gasteiger partial charge in [-0.3, -0.25) is 0 Å². The van der Waals surface area contributed by atoms with Crippen LogP contribution in [0.25, 0.3) is 0 Å². The summed E-state index contributed by atoms with van der Waals surface area (Å²) >= 11 is 0. The minimum absolute atomic E-state index is 0.0874. The summed E-state index contributed by atoms with van der Waals surface area (Å²) in [6.45, 7) is -0.486. The van der Waals surface area contributed by atoms with Crippen molar-refractivity contribution in [3.8, 4) is 0 Å². The minimum atomic E-state index is -2.49. The van der Waals surface area contributed by atoms with E-state index < -0.39 is 13.0 Å². The summed E-state index contributed by atoms with van der Waals surface area (Å²) in [5.41, 5.74) is 5.48. The lowest BCUT2D eigenvalue weighted by Gasteiger charge is -2.16. The molecule has 0 aliphatic heterocycles. The van der Waals surface area contributed by atoms with E-state index in [1.165, 1.54) is 24.2 Å². The van der Waals surface area contributed by atoms with Crippen molar-refractivity contribution in [2.45, 2.75) is 6.43 Å². The number of amidine groups is 1. The van der Waals surface area contributed by atoms with Crippen molar-refractivity contribution in [1.29, 1.82) is 0 Å². The van der Waals surface area contributed by atoms with Crippen LogP contribution in [0.2, 0.25) is 0 Å². The molecule has 0 amide bonds. The van der Waals surface area contributed by atoms with Crippen LogP contribution >= 0.6 is 0 Å². The fourth-order valence-electron chi connectivity index (χ4n) is 1.01. The molecule has 0 radical (unpaired) electrons. The predicted octanol–water partition coefficient (Wildman–Crippen LogP) is 0.272. The second-order valence-electron chi connectivity index (χ2n) is 3.00. The van der Waals surface area contributed by atoms with Crippen LogP contribution in [0.5, 0.6) is 0 Å². The molecule has 0 unspecified atom stereocenters. The van der Waals surface area contributed by atoms with Crippen LogP contribution < -0.4 is 10.6 Å². The Kier molecular flexibility index (Phi) is 3.92. The fourth-order valence-corrected chi connectivity index (χ4v) is 1.01. The fraction of sp³-hybridized carbons (Fsp3) is 0.375. The van der Waals surface area contributed by atoms with Crippen LogP contribution in [0.1, 0.15) is 5.69 Å². The van der Waals surface area contributed by atoms with Gasteiger partial charge in [0.05, 0.1) is 6.54 Å². The summed E-state index contributed by atoms with van der Waals surface area (Å²) < 4.78 is 24.2. The van der Waals surface area contributed by atoms with Crippen LogP contribution in [-0.2, 0) is 0 Å². The zero-order valence-corrected chi connectivity index (χ0v) is 8.51. The van der Waals surface area contributed by atoms with Crippen molar-refractivity contribution in [2.24, 2.45) is 10.9 Å². The first kappa shape index (κ1) is 12.1. The highest BCUT2D eigenvalue weighted by Gasteiger charge is 2.12. The second-order valence-corrected chi connectivity index (χ2v) is 3.00. The highest BCUT2D eigenvalue weighted by atomic mass is 19.3. The summed E-state index contributed by atoms with van der Waals surface area (Å²) in [4.78, 5) is 8.84. The van der Waals surface area contributed by atoms with Crippen molar-refractivity contribution in [3.05, 3.63) is 18.0 Å². The molecule has 1 rings (SSSR count). The maximum atomic E-state index is 12.1. The van der Waals surface area contributed by atoms with Crippen LogP contribution in [0, 0.1) is 0 Å². The Bertz CT molecular complexity index is 384. The third-order valence-electron chi connectivity index (χ3n) is 1.77. The summed E-state index contributed by atoms with van der Waals surface area (Å²) in [6, 6.07) is 1.41.